The van der Waals surface area contributed by atoms with Gasteiger partial charge in [0.05, 0.1) is 6.10 Å². The standard InChI is InChI=1S/C15H28N2O/c1-11(18)12-8-14(16-13-6-7-13)10-17(9-12)15-4-2-3-5-15/h11-16,18H,2-10H2,1H3. The Bertz CT molecular complexity index is 272. The van der Waals surface area contributed by atoms with Gasteiger partial charge in [-0.25, -0.2) is 0 Å². The molecule has 1 saturated heterocycles. The number of rotatable bonds is 4. The van der Waals surface area contributed by atoms with Gasteiger partial charge in [0.15, 0.2) is 0 Å². The van der Waals surface area contributed by atoms with Crippen LogP contribution in [0, 0.1) is 5.92 Å². The highest BCUT2D eigenvalue weighted by Crippen LogP contribution is 2.30. The number of nitrogens with zero attached hydrogens (tertiary/aromatic N) is 1. The molecular weight excluding hydrogens is 224 g/mol. The molecule has 0 bridgehead atoms. The zero-order chi connectivity index (χ0) is 12.5. The van der Waals surface area contributed by atoms with Crippen LogP contribution in [0.5, 0.6) is 0 Å². The first kappa shape index (κ1) is 12.9. The van der Waals surface area contributed by atoms with Crippen molar-refractivity contribution in [3.8, 4) is 0 Å². The molecule has 18 heavy (non-hydrogen) atoms. The Morgan fingerprint density at radius 3 is 2.39 bits per heavy atom. The van der Waals surface area contributed by atoms with Crippen molar-refractivity contribution in [2.24, 2.45) is 5.92 Å². The van der Waals surface area contributed by atoms with Crippen LogP contribution in [0.3, 0.4) is 0 Å². The summed E-state index contributed by atoms with van der Waals surface area (Å²) in [5.41, 5.74) is 0. The van der Waals surface area contributed by atoms with E-state index in [1.165, 1.54) is 45.1 Å². The summed E-state index contributed by atoms with van der Waals surface area (Å²) in [6.07, 6.45) is 9.29. The van der Waals surface area contributed by atoms with Crippen molar-refractivity contribution in [1.82, 2.24) is 10.2 Å². The van der Waals surface area contributed by atoms with E-state index in [0.29, 0.717) is 12.0 Å². The topological polar surface area (TPSA) is 35.5 Å². The molecule has 3 atom stereocenters. The van der Waals surface area contributed by atoms with Crippen LogP contribution in [0.25, 0.3) is 0 Å². The fourth-order valence-corrected chi connectivity index (χ4v) is 3.79. The molecule has 3 rings (SSSR count). The van der Waals surface area contributed by atoms with Crippen molar-refractivity contribution >= 4 is 0 Å². The highest BCUT2D eigenvalue weighted by atomic mass is 16.3. The van der Waals surface area contributed by atoms with E-state index >= 15 is 0 Å². The van der Waals surface area contributed by atoms with Gasteiger partial charge in [0.1, 0.15) is 0 Å². The fourth-order valence-electron chi connectivity index (χ4n) is 3.79. The van der Waals surface area contributed by atoms with Crippen LogP contribution in [0.4, 0.5) is 0 Å². The Balaban J connectivity index is 1.61. The van der Waals surface area contributed by atoms with Crippen LogP contribution in [-0.4, -0.2) is 47.3 Å². The molecule has 3 aliphatic rings. The lowest BCUT2D eigenvalue weighted by Gasteiger charge is -2.42. The molecule has 0 aromatic heterocycles. The number of hydrogen-bond acceptors (Lipinski definition) is 3. The summed E-state index contributed by atoms with van der Waals surface area (Å²) >= 11 is 0. The molecule has 0 amide bonds. The number of aliphatic hydroxyl groups is 1. The van der Waals surface area contributed by atoms with E-state index in [4.69, 9.17) is 0 Å². The molecule has 2 N–H and O–H groups in total. The monoisotopic (exact) mass is 252 g/mol. The van der Waals surface area contributed by atoms with Crippen LogP contribution in [0.1, 0.15) is 51.9 Å². The second-order valence-corrected chi connectivity index (χ2v) is 6.77. The smallest absolute Gasteiger partial charge is 0.0553 e. The quantitative estimate of drug-likeness (QED) is 0.800. The summed E-state index contributed by atoms with van der Waals surface area (Å²) in [4.78, 5) is 2.67. The minimum atomic E-state index is -0.155. The summed E-state index contributed by atoms with van der Waals surface area (Å²) in [7, 11) is 0. The van der Waals surface area contributed by atoms with Gasteiger partial charge in [0, 0.05) is 31.2 Å². The molecule has 3 fully saturated rings. The first-order valence-electron chi connectivity index (χ1n) is 7.90. The number of aliphatic hydroxyl groups excluding tert-OH is 1. The van der Waals surface area contributed by atoms with Crippen LogP contribution in [-0.2, 0) is 0 Å². The van der Waals surface area contributed by atoms with E-state index in [1.54, 1.807) is 0 Å². The van der Waals surface area contributed by atoms with Gasteiger partial charge in [0.25, 0.3) is 0 Å². The lowest BCUT2D eigenvalue weighted by molar-refractivity contribution is 0.0298. The Labute approximate surface area is 111 Å². The molecular formula is C15H28N2O. The van der Waals surface area contributed by atoms with Gasteiger partial charge < -0.3 is 10.4 Å². The molecule has 2 saturated carbocycles. The maximum atomic E-state index is 9.95. The summed E-state index contributed by atoms with van der Waals surface area (Å²) < 4.78 is 0. The largest absolute Gasteiger partial charge is 0.393 e. The van der Waals surface area contributed by atoms with E-state index in [2.05, 4.69) is 10.2 Å². The second kappa shape index (κ2) is 5.48. The number of nitrogens with one attached hydrogen (secondary N) is 1. The molecule has 1 heterocycles. The lowest BCUT2D eigenvalue weighted by atomic mass is 9.89. The van der Waals surface area contributed by atoms with E-state index in [1.807, 2.05) is 6.92 Å². The van der Waals surface area contributed by atoms with Gasteiger partial charge in [-0.15, -0.1) is 0 Å². The zero-order valence-electron chi connectivity index (χ0n) is 11.6. The summed E-state index contributed by atoms with van der Waals surface area (Å²) in [5.74, 6) is 0.468. The maximum absolute atomic E-state index is 9.95. The Morgan fingerprint density at radius 1 is 1.06 bits per heavy atom. The average Bonchev–Trinajstić information content (AvgIpc) is 2.99. The molecule has 3 unspecified atom stereocenters. The van der Waals surface area contributed by atoms with Gasteiger partial charge in [-0.2, -0.15) is 0 Å². The van der Waals surface area contributed by atoms with Crippen LogP contribution in [0.2, 0.25) is 0 Å². The van der Waals surface area contributed by atoms with Crippen LogP contribution in [0.15, 0.2) is 0 Å². The molecule has 0 aromatic carbocycles. The summed E-state index contributed by atoms with van der Waals surface area (Å²) in [5, 5.41) is 13.7. The minimum Gasteiger partial charge on any atom is -0.393 e. The van der Waals surface area contributed by atoms with E-state index < -0.39 is 0 Å². The molecule has 3 heteroatoms. The summed E-state index contributed by atoms with van der Waals surface area (Å²) in [6, 6.07) is 2.20. The fraction of sp³-hybridized carbons (Fsp3) is 1.00. The van der Waals surface area contributed by atoms with Gasteiger partial charge in [-0.3, -0.25) is 4.90 Å². The predicted molar refractivity (Wildman–Crippen MR) is 73.6 cm³/mol. The molecule has 1 aliphatic heterocycles. The Morgan fingerprint density at radius 2 is 1.78 bits per heavy atom. The first-order valence-corrected chi connectivity index (χ1v) is 7.90. The van der Waals surface area contributed by atoms with E-state index in [9.17, 15) is 5.11 Å². The normalized spacial score (nSPS) is 37.0. The lowest BCUT2D eigenvalue weighted by Crippen LogP contribution is -2.54. The SMILES string of the molecule is CC(O)C1CC(NC2CC2)CN(C2CCCC2)C1. The maximum Gasteiger partial charge on any atom is 0.0553 e. The first-order chi connectivity index (χ1) is 8.72. The number of likely N-dealkylation sites (tertiary alicyclic amines) is 1. The van der Waals surface area contributed by atoms with Crippen molar-refractivity contribution < 1.29 is 5.11 Å². The van der Waals surface area contributed by atoms with Gasteiger partial charge in [-0.05, 0) is 44.9 Å². The number of piperidine rings is 1. The van der Waals surface area contributed by atoms with Crippen LogP contribution < -0.4 is 5.32 Å². The van der Waals surface area contributed by atoms with Crippen molar-refractivity contribution in [3.63, 3.8) is 0 Å². The number of hydrogen-bond donors (Lipinski definition) is 2. The second-order valence-electron chi connectivity index (χ2n) is 6.77. The highest BCUT2D eigenvalue weighted by Gasteiger charge is 2.36. The van der Waals surface area contributed by atoms with Gasteiger partial charge in [-0.1, -0.05) is 12.8 Å². The molecule has 3 nitrogen and oxygen atoms in total. The highest BCUT2D eigenvalue weighted by molar-refractivity contribution is 4.93. The Kier molecular flexibility index (Phi) is 3.92. The average molecular weight is 252 g/mol. The van der Waals surface area contributed by atoms with Gasteiger partial charge in [0.2, 0.25) is 0 Å². The summed E-state index contributed by atoms with van der Waals surface area (Å²) in [6.45, 7) is 4.30. The third-order valence-electron chi connectivity index (χ3n) is 5.08. The minimum absolute atomic E-state index is 0.155. The van der Waals surface area contributed by atoms with Crippen molar-refractivity contribution in [3.05, 3.63) is 0 Å². The van der Waals surface area contributed by atoms with Crippen molar-refractivity contribution in [2.45, 2.75) is 76.1 Å². The molecule has 2 aliphatic carbocycles. The molecule has 0 aromatic rings. The molecule has 0 radical (unpaired) electrons. The third-order valence-corrected chi connectivity index (χ3v) is 5.08. The molecule has 104 valence electrons. The van der Waals surface area contributed by atoms with E-state index in [-0.39, 0.29) is 6.10 Å². The predicted octanol–water partition coefficient (Wildman–Crippen LogP) is 1.75. The van der Waals surface area contributed by atoms with Crippen molar-refractivity contribution in [2.75, 3.05) is 13.1 Å². The Hall–Kier alpha value is -0.120. The van der Waals surface area contributed by atoms with E-state index in [0.717, 1.165) is 25.0 Å². The van der Waals surface area contributed by atoms with Crippen LogP contribution >= 0.6 is 0 Å². The zero-order valence-corrected chi connectivity index (χ0v) is 11.6. The van der Waals surface area contributed by atoms with Gasteiger partial charge >= 0.3 is 0 Å². The van der Waals surface area contributed by atoms with Crippen molar-refractivity contribution in [1.29, 1.82) is 0 Å². The third kappa shape index (κ3) is 3.06. The molecule has 0 spiro atoms.